The number of hydrogen-bond donors (Lipinski definition) is 0. The topological polar surface area (TPSA) is 65.7 Å². The molecule has 0 saturated carbocycles. The molecule has 6 heteroatoms. The predicted octanol–water partition coefficient (Wildman–Crippen LogP) is 2.39. The standard InChI is InChI=1S/C12H9BrO5/c1-16-8-4-9(17-2)10(13)11-7(8)3-6(5-14)12(15)18-11/h3-5H,1-2H3. The van der Waals surface area contributed by atoms with Crippen LogP contribution in [-0.4, -0.2) is 20.5 Å². The third kappa shape index (κ3) is 1.88. The number of benzene rings is 1. The fraction of sp³-hybridized carbons (Fsp3) is 0.167. The van der Waals surface area contributed by atoms with Crippen LogP contribution in [0.4, 0.5) is 0 Å². The van der Waals surface area contributed by atoms with Crippen molar-refractivity contribution in [2.24, 2.45) is 0 Å². The fourth-order valence-corrected chi connectivity index (χ4v) is 2.18. The Bertz CT molecular complexity index is 674. The maximum Gasteiger partial charge on any atom is 0.346 e. The van der Waals surface area contributed by atoms with Crippen LogP contribution >= 0.6 is 15.9 Å². The zero-order chi connectivity index (χ0) is 13.3. The third-order valence-corrected chi connectivity index (χ3v) is 3.24. The number of methoxy groups -OCH3 is 2. The van der Waals surface area contributed by atoms with Crippen LogP contribution in [0.2, 0.25) is 0 Å². The molecule has 1 heterocycles. The molecular weight excluding hydrogens is 304 g/mol. The maximum atomic E-state index is 11.5. The fourth-order valence-electron chi connectivity index (χ4n) is 1.60. The van der Waals surface area contributed by atoms with Gasteiger partial charge in [-0.15, -0.1) is 0 Å². The van der Waals surface area contributed by atoms with Crippen LogP contribution in [0.25, 0.3) is 11.0 Å². The first-order valence-electron chi connectivity index (χ1n) is 4.96. The van der Waals surface area contributed by atoms with Crippen molar-refractivity contribution in [1.82, 2.24) is 0 Å². The summed E-state index contributed by atoms with van der Waals surface area (Å²) >= 11 is 3.28. The van der Waals surface area contributed by atoms with E-state index in [4.69, 9.17) is 13.9 Å². The van der Waals surface area contributed by atoms with Crippen molar-refractivity contribution in [1.29, 1.82) is 0 Å². The van der Waals surface area contributed by atoms with E-state index in [0.29, 0.717) is 27.6 Å². The molecule has 0 saturated heterocycles. The van der Waals surface area contributed by atoms with Crippen LogP contribution < -0.4 is 15.1 Å². The first-order chi connectivity index (χ1) is 8.62. The lowest BCUT2D eigenvalue weighted by Crippen LogP contribution is -2.06. The second kappa shape index (κ2) is 4.81. The number of carbonyl (C=O) groups excluding carboxylic acids is 1. The van der Waals surface area contributed by atoms with Gasteiger partial charge in [-0.2, -0.15) is 0 Å². The molecule has 0 aliphatic rings. The maximum absolute atomic E-state index is 11.5. The lowest BCUT2D eigenvalue weighted by Gasteiger charge is -2.10. The molecule has 0 spiro atoms. The first kappa shape index (κ1) is 12.6. The normalized spacial score (nSPS) is 10.4. The Morgan fingerprint density at radius 3 is 2.44 bits per heavy atom. The summed E-state index contributed by atoms with van der Waals surface area (Å²) in [6, 6.07) is 3.07. The van der Waals surface area contributed by atoms with Gasteiger partial charge in [-0.1, -0.05) is 0 Å². The summed E-state index contributed by atoms with van der Waals surface area (Å²) in [6.45, 7) is 0. The molecule has 0 atom stereocenters. The average Bonchev–Trinajstić information content (AvgIpc) is 2.39. The minimum absolute atomic E-state index is 0.0575. The molecule has 94 valence electrons. The Morgan fingerprint density at radius 2 is 1.89 bits per heavy atom. The summed E-state index contributed by atoms with van der Waals surface area (Å²) in [5, 5.41) is 0.520. The van der Waals surface area contributed by atoms with Gasteiger partial charge in [0.1, 0.15) is 21.5 Å². The van der Waals surface area contributed by atoms with Crippen LogP contribution in [-0.2, 0) is 0 Å². The number of aldehydes is 1. The highest BCUT2D eigenvalue weighted by molar-refractivity contribution is 9.10. The smallest absolute Gasteiger partial charge is 0.346 e. The Balaban J connectivity index is 2.95. The molecular formula is C12H9BrO5. The molecule has 2 aromatic rings. The summed E-state index contributed by atoms with van der Waals surface area (Å²) in [4.78, 5) is 22.3. The third-order valence-electron chi connectivity index (χ3n) is 2.49. The van der Waals surface area contributed by atoms with Gasteiger partial charge in [0.05, 0.1) is 19.6 Å². The van der Waals surface area contributed by atoms with Crippen molar-refractivity contribution in [3.8, 4) is 11.5 Å². The summed E-state index contributed by atoms with van der Waals surface area (Å²) in [7, 11) is 2.97. The van der Waals surface area contributed by atoms with E-state index in [2.05, 4.69) is 15.9 Å². The number of halogens is 1. The predicted molar refractivity (Wildman–Crippen MR) is 68.7 cm³/mol. The number of ether oxygens (including phenoxy) is 2. The molecule has 1 aromatic heterocycles. The summed E-state index contributed by atoms with van der Waals surface area (Å²) in [5.74, 6) is 0.929. The molecule has 0 fully saturated rings. The Labute approximate surface area is 110 Å². The number of rotatable bonds is 3. The van der Waals surface area contributed by atoms with Crippen molar-refractivity contribution in [2.45, 2.75) is 0 Å². The van der Waals surface area contributed by atoms with Gasteiger partial charge >= 0.3 is 5.63 Å². The molecule has 0 N–H and O–H groups in total. The molecule has 18 heavy (non-hydrogen) atoms. The van der Waals surface area contributed by atoms with Crippen LogP contribution in [0.5, 0.6) is 11.5 Å². The number of fused-ring (bicyclic) bond motifs is 1. The molecule has 0 amide bonds. The monoisotopic (exact) mass is 312 g/mol. The highest BCUT2D eigenvalue weighted by Crippen LogP contribution is 2.38. The summed E-state index contributed by atoms with van der Waals surface area (Å²) in [6.07, 6.45) is 0.447. The minimum Gasteiger partial charge on any atom is -0.496 e. The van der Waals surface area contributed by atoms with E-state index in [1.807, 2.05) is 0 Å². The summed E-state index contributed by atoms with van der Waals surface area (Å²) in [5.41, 5.74) is -0.479. The molecule has 1 aromatic carbocycles. The van der Waals surface area contributed by atoms with Crippen LogP contribution in [0.1, 0.15) is 10.4 Å². The molecule has 0 bridgehead atoms. The molecule has 5 nitrogen and oxygen atoms in total. The van der Waals surface area contributed by atoms with Gasteiger partial charge < -0.3 is 13.9 Å². The second-order valence-corrected chi connectivity index (χ2v) is 4.24. The molecule has 0 aliphatic carbocycles. The Hall–Kier alpha value is -1.82. The molecule has 0 radical (unpaired) electrons. The lowest BCUT2D eigenvalue weighted by molar-refractivity contribution is 0.112. The second-order valence-electron chi connectivity index (χ2n) is 3.44. The first-order valence-corrected chi connectivity index (χ1v) is 5.75. The SMILES string of the molecule is COc1cc(OC)c2cc(C=O)c(=O)oc2c1Br. The van der Waals surface area contributed by atoms with Gasteiger partial charge in [0, 0.05) is 6.07 Å². The van der Waals surface area contributed by atoms with E-state index < -0.39 is 5.63 Å². The summed E-state index contributed by atoms with van der Waals surface area (Å²) < 4.78 is 15.9. The zero-order valence-electron chi connectivity index (χ0n) is 9.65. The number of hydrogen-bond acceptors (Lipinski definition) is 5. The van der Waals surface area contributed by atoms with Crippen molar-refractivity contribution < 1.29 is 18.7 Å². The Morgan fingerprint density at radius 1 is 1.22 bits per heavy atom. The van der Waals surface area contributed by atoms with Crippen LogP contribution in [0, 0.1) is 0 Å². The van der Waals surface area contributed by atoms with Gasteiger partial charge in [0.25, 0.3) is 0 Å². The van der Waals surface area contributed by atoms with E-state index in [-0.39, 0.29) is 11.1 Å². The molecule has 0 aliphatic heterocycles. The van der Waals surface area contributed by atoms with Crippen LogP contribution in [0.15, 0.2) is 25.8 Å². The van der Waals surface area contributed by atoms with Gasteiger partial charge in [-0.25, -0.2) is 4.79 Å². The van der Waals surface area contributed by atoms with Gasteiger partial charge in [-0.3, -0.25) is 4.79 Å². The number of carbonyl (C=O) groups is 1. The highest BCUT2D eigenvalue weighted by atomic mass is 79.9. The van der Waals surface area contributed by atoms with Crippen molar-refractivity contribution in [3.05, 3.63) is 32.6 Å². The molecule has 0 unspecified atom stereocenters. The van der Waals surface area contributed by atoms with E-state index in [1.54, 1.807) is 6.07 Å². The average molecular weight is 313 g/mol. The van der Waals surface area contributed by atoms with E-state index in [1.165, 1.54) is 20.3 Å². The highest BCUT2D eigenvalue weighted by Gasteiger charge is 2.16. The zero-order valence-corrected chi connectivity index (χ0v) is 11.2. The van der Waals surface area contributed by atoms with Crippen LogP contribution in [0.3, 0.4) is 0 Å². The van der Waals surface area contributed by atoms with E-state index in [9.17, 15) is 9.59 Å². The van der Waals surface area contributed by atoms with Crippen molar-refractivity contribution in [2.75, 3.05) is 14.2 Å². The van der Waals surface area contributed by atoms with E-state index >= 15 is 0 Å². The van der Waals surface area contributed by atoms with Crippen molar-refractivity contribution >= 4 is 33.2 Å². The lowest BCUT2D eigenvalue weighted by atomic mass is 10.1. The molecule has 2 rings (SSSR count). The van der Waals surface area contributed by atoms with Gasteiger partial charge in [-0.05, 0) is 22.0 Å². The quantitative estimate of drug-likeness (QED) is 0.643. The van der Waals surface area contributed by atoms with E-state index in [0.717, 1.165) is 0 Å². The van der Waals surface area contributed by atoms with Gasteiger partial charge in [0.2, 0.25) is 0 Å². The van der Waals surface area contributed by atoms with Gasteiger partial charge in [0.15, 0.2) is 11.9 Å². The Kier molecular flexibility index (Phi) is 3.38. The largest absolute Gasteiger partial charge is 0.496 e. The van der Waals surface area contributed by atoms with Crippen molar-refractivity contribution in [3.63, 3.8) is 0 Å². The minimum atomic E-state index is -0.700.